The zero-order chi connectivity index (χ0) is 10.6. The van der Waals surface area contributed by atoms with Gasteiger partial charge in [-0.2, -0.15) is 13.2 Å². The predicted octanol–water partition coefficient (Wildman–Crippen LogP) is 3.07. The molecule has 1 aliphatic rings. The molecule has 2 N–H and O–H groups in total. The van der Waals surface area contributed by atoms with E-state index in [0.717, 1.165) is 24.8 Å². The average Bonchev–Trinajstić information content (AvgIpc) is 2.01. The van der Waals surface area contributed by atoms with E-state index in [-0.39, 0.29) is 23.6 Å². The third-order valence-corrected chi connectivity index (χ3v) is 2.91. The van der Waals surface area contributed by atoms with Crippen LogP contribution in [0.1, 0.15) is 25.7 Å². The Morgan fingerprint density at radius 2 is 2.21 bits per heavy atom. The second-order valence-electron chi connectivity index (χ2n) is 3.43. The maximum Gasteiger partial charge on any atom is 0.441 e. The van der Waals surface area contributed by atoms with Gasteiger partial charge in [0, 0.05) is 11.8 Å². The minimum Gasteiger partial charge on any atom is -0.324 e. The van der Waals surface area contributed by atoms with Crippen molar-refractivity contribution in [2.45, 2.75) is 37.2 Å². The fourth-order valence-corrected chi connectivity index (χ4v) is 2.14. The average molecular weight is 225 g/mol. The number of alkyl halides is 3. The van der Waals surface area contributed by atoms with Gasteiger partial charge in [0.25, 0.3) is 0 Å². The third kappa shape index (κ3) is 4.91. The van der Waals surface area contributed by atoms with Gasteiger partial charge in [0.1, 0.15) is 0 Å². The van der Waals surface area contributed by atoms with Crippen molar-refractivity contribution in [3.05, 3.63) is 11.6 Å². The second-order valence-corrected chi connectivity index (χ2v) is 4.59. The van der Waals surface area contributed by atoms with Gasteiger partial charge in [0.2, 0.25) is 0 Å². The minimum atomic E-state index is -4.10. The first-order chi connectivity index (χ1) is 6.47. The highest BCUT2D eigenvalue weighted by molar-refractivity contribution is 8.00. The summed E-state index contributed by atoms with van der Waals surface area (Å²) in [7, 11) is 0. The van der Waals surface area contributed by atoms with Crippen molar-refractivity contribution >= 4 is 11.8 Å². The molecule has 5 heteroatoms. The zero-order valence-electron chi connectivity index (χ0n) is 7.81. The van der Waals surface area contributed by atoms with E-state index in [1.165, 1.54) is 0 Å². The topological polar surface area (TPSA) is 26.0 Å². The van der Waals surface area contributed by atoms with Crippen LogP contribution in [-0.2, 0) is 0 Å². The number of hydrogen-bond acceptors (Lipinski definition) is 2. The van der Waals surface area contributed by atoms with Gasteiger partial charge in [-0.25, -0.2) is 0 Å². The first-order valence-corrected chi connectivity index (χ1v) is 5.62. The number of nitrogens with two attached hydrogens (primary N) is 1. The largest absolute Gasteiger partial charge is 0.441 e. The van der Waals surface area contributed by atoms with Gasteiger partial charge in [-0.05, 0) is 25.7 Å². The van der Waals surface area contributed by atoms with Crippen LogP contribution in [0, 0.1) is 0 Å². The Kier molecular flexibility index (Phi) is 4.31. The molecular weight excluding hydrogens is 211 g/mol. The van der Waals surface area contributed by atoms with Crippen LogP contribution in [0.4, 0.5) is 13.2 Å². The molecule has 0 spiro atoms. The van der Waals surface area contributed by atoms with Crippen molar-refractivity contribution in [2.24, 2.45) is 5.73 Å². The molecule has 0 heterocycles. The van der Waals surface area contributed by atoms with Crippen LogP contribution in [-0.4, -0.2) is 17.3 Å². The Bertz CT molecular complexity index is 213. The monoisotopic (exact) mass is 225 g/mol. The molecule has 82 valence electrons. The first kappa shape index (κ1) is 11.9. The third-order valence-electron chi connectivity index (χ3n) is 2.17. The normalized spacial score (nSPS) is 23.4. The number of halogens is 3. The summed E-state index contributed by atoms with van der Waals surface area (Å²) in [4.78, 5) is 0. The van der Waals surface area contributed by atoms with E-state index in [1.807, 2.05) is 6.08 Å². The Balaban J connectivity index is 2.24. The van der Waals surface area contributed by atoms with E-state index in [2.05, 4.69) is 0 Å². The van der Waals surface area contributed by atoms with Gasteiger partial charge < -0.3 is 5.73 Å². The summed E-state index contributed by atoms with van der Waals surface area (Å²) in [5.74, 6) is 0.113. The van der Waals surface area contributed by atoms with Crippen LogP contribution >= 0.6 is 11.8 Å². The molecule has 0 aliphatic heterocycles. The minimum absolute atomic E-state index is 0.0468. The SMILES string of the molecule is NC1C=C(CCSC(F)(F)F)CCC1. The summed E-state index contributed by atoms with van der Waals surface area (Å²) in [6.07, 6.45) is 5.30. The van der Waals surface area contributed by atoms with E-state index < -0.39 is 5.51 Å². The van der Waals surface area contributed by atoms with Gasteiger partial charge >= 0.3 is 5.51 Å². The number of rotatable bonds is 3. The lowest BCUT2D eigenvalue weighted by Crippen LogP contribution is -2.20. The second kappa shape index (κ2) is 5.07. The van der Waals surface area contributed by atoms with Crippen LogP contribution in [0.25, 0.3) is 0 Å². The lowest BCUT2D eigenvalue weighted by molar-refractivity contribution is -0.0327. The van der Waals surface area contributed by atoms with Gasteiger partial charge in [0.15, 0.2) is 0 Å². The molecule has 0 saturated heterocycles. The van der Waals surface area contributed by atoms with Gasteiger partial charge in [-0.1, -0.05) is 23.4 Å². The molecule has 14 heavy (non-hydrogen) atoms. The maximum atomic E-state index is 11.8. The van der Waals surface area contributed by atoms with Crippen LogP contribution in [0.5, 0.6) is 0 Å². The van der Waals surface area contributed by atoms with Crippen LogP contribution < -0.4 is 5.73 Å². The van der Waals surface area contributed by atoms with Crippen LogP contribution in [0.15, 0.2) is 11.6 Å². The molecule has 0 aromatic heterocycles. The van der Waals surface area contributed by atoms with Crippen LogP contribution in [0.2, 0.25) is 0 Å². The summed E-state index contributed by atoms with van der Waals surface area (Å²) in [5.41, 5.74) is 2.66. The summed E-state index contributed by atoms with van der Waals surface area (Å²) in [6.45, 7) is 0. The fraction of sp³-hybridized carbons (Fsp3) is 0.778. The van der Waals surface area contributed by atoms with Gasteiger partial charge in [-0.3, -0.25) is 0 Å². The molecule has 0 bridgehead atoms. The molecule has 0 amide bonds. The van der Waals surface area contributed by atoms with Crippen molar-refractivity contribution in [1.29, 1.82) is 0 Å². The molecule has 1 rings (SSSR count). The Morgan fingerprint density at radius 1 is 1.50 bits per heavy atom. The number of hydrogen-bond donors (Lipinski definition) is 1. The molecule has 1 nitrogen and oxygen atoms in total. The molecule has 1 atom stereocenters. The maximum absolute atomic E-state index is 11.8. The highest BCUT2D eigenvalue weighted by Crippen LogP contribution is 2.32. The van der Waals surface area contributed by atoms with Crippen molar-refractivity contribution in [1.82, 2.24) is 0 Å². The standard InChI is InChI=1S/C9H14F3NS/c10-9(11,12)14-5-4-7-2-1-3-8(13)6-7/h6,8H,1-5,13H2. The summed E-state index contributed by atoms with van der Waals surface area (Å²) in [5, 5.41) is 0. The first-order valence-electron chi connectivity index (χ1n) is 4.63. The van der Waals surface area contributed by atoms with E-state index in [0.29, 0.717) is 6.42 Å². The van der Waals surface area contributed by atoms with Crippen molar-refractivity contribution < 1.29 is 13.2 Å². The molecular formula is C9H14F3NS. The predicted molar refractivity (Wildman–Crippen MR) is 53.0 cm³/mol. The molecule has 0 fully saturated rings. The van der Waals surface area contributed by atoms with Crippen molar-refractivity contribution in [3.63, 3.8) is 0 Å². The molecule has 1 unspecified atom stereocenters. The molecule has 1 aliphatic carbocycles. The van der Waals surface area contributed by atoms with E-state index in [9.17, 15) is 13.2 Å². The van der Waals surface area contributed by atoms with Gasteiger partial charge in [-0.15, -0.1) is 0 Å². The highest BCUT2D eigenvalue weighted by atomic mass is 32.2. The van der Waals surface area contributed by atoms with E-state index >= 15 is 0 Å². The molecule has 0 aromatic carbocycles. The summed E-state index contributed by atoms with van der Waals surface area (Å²) >= 11 is 0.0468. The van der Waals surface area contributed by atoms with E-state index in [1.54, 1.807) is 0 Å². The highest BCUT2D eigenvalue weighted by Gasteiger charge is 2.27. The van der Waals surface area contributed by atoms with Gasteiger partial charge in [0.05, 0.1) is 0 Å². The number of allylic oxidation sites excluding steroid dienone is 1. The molecule has 0 aromatic rings. The Hall–Kier alpha value is -0.160. The lowest BCUT2D eigenvalue weighted by Gasteiger charge is -2.17. The smallest absolute Gasteiger partial charge is 0.324 e. The summed E-state index contributed by atoms with van der Waals surface area (Å²) in [6, 6.07) is 0.0506. The van der Waals surface area contributed by atoms with E-state index in [4.69, 9.17) is 5.73 Å². The fourth-order valence-electron chi connectivity index (χ4n) is 1.54. The van der Waals surface area contributed by atoms with Crippen LogP contribution in [0.3, 0.4) is 0 Å². The lowest BCUT2D eigenvalue weighted by atomic mass is 9.95. The zero-order valence-corrected chi connectivity index (χ0v) is 8.63. The molecule has 0 saturated carbocycles. The molecule has 0 radical (unpaired) electrons. The summed E-state index contributed by atoms with van der Waals surface area (Å²) < 4.78 is 35.4. The van der Waals surface area contributed by atoms with Crippen molar-refractivity contribution in [2.75, 3.05) is 5.75 Å². The van der Waals surface area contributed by atoms with Crippen molar-refractivity contribution in [3.8, 4) is 0 Å². The quantitative estimate of drug-likeness (QED) is 0.747. The Labute approximate surface area is 85.9 Å². The Morgan fingerprint density at radius 3 is 2.79 bits per heavy atom. The number of thioether (sulfide) groups is 1.